The molecule has 0 bridgehead atoms. The Balaban J connectivity index is 1.93. The van der Waals surface area contributed by atoms with Gasteiger partial charge in [-0.1, -0.05) is 6.07 Å². The number of halogens is 2. The first-order chi connectivity index (χ1) is 8.68. The summed E-state index contributed by atoms with van der Waals surface area (Å²) in [4.78, 5) is 11.8. The first kappa shape index (κ1) is 13.5. The topological polar surface area (TPSA) is 50.4 Å². The molecule has 1 aliphatic rings. The molecule has 1 saturated heterocycles. The highest BCUT2D eigenvalue weighted by molar-refractivity contribution is 9.10. The Morgan fingerprint density at radius 2 is 2.44 bits per heavy atom. The van der Waals surface area contributed by atoms with Gasteiger partial charge in [-0.05, 0) is 28.1 Å². The largest absolute Gasteiger partial charge is 0.378 e. The van der Waals surface area contributed by atoms with Gasteiger partial charge in [0.2, 0.25) is 0 Å². The molecule has 1 aliphatic heterocycles. The quantitative estimate of drug-likeness (QED) is 0.884. The standard InChI is InChI=1S/C12H14BrFN2O2/c13-10-3-1-2-9(11(10)14)12(17)16-6-8-7-18-5-4-15-8/h1-3,8,15H,4-7H2,(H,16,17). The van der Waals surface area contributed by atoms with E-state index in [9.17, 15) is 9.18 Å². The van der Waals surface area contributed by atoms with Crippen molar-refractivity contribution in [2.24, 2.45) is 0 Å². The molecule has 1 aromatic rings. The van der Waals surface area contributed by atoms with Crippen molar-refractivity contribution in [1.82, 2.24) is 10.6 Å². The van der Waals surface area contributed by atoms with E-state index < -0.39 is 11.7 Å². The second kappa shape index (κ2) is 6.26. The molecule has 2 rings (SSSR count). The van der Waals surface area contributed by atoms with Gasteiger partial charge in [-0.25, -0.2) is 4.39 Å². The molecule has 18 heavy (non-hydrogen) atoms. The van der Waals surface area contributed by atoms with Gasteiger partial charge in [-0.2, -0.15) is 0 Å². The van der Waals surface area contributed by atoms with E-state index in [1.54, 1.807) is 12.1 Å². The third-order valence-electron chi connectivity index (χ3n) is 2.70. The SMILES string of the molecule is O=C(NCC1COCCN1)c1cccc(Br)c1F. The van der Waals surface area contributed by atoms with Crippen molar-refractivity contribution in [3.63, 3.8) is 0 Å². The van der Waals surface area contributed by atoms with Crippen LogP contribution in [0.25, 0.3) is 0 Å². The Kier molecular flexibility index (Phi) is 4.68. The van der Waals surface area contributed by atoms with E-state index in [2.05, 4.69) is 26.6 Å². The molecule has 1 heterocycles. The van der Waals surface area contributed by atoms with Crippen LogP contribution in [0.5, 0.6) is 0 Å². The lowest BCUT2D eigenvalue weighted by Gasteiger charge is -2.23. The summed E-state index contributed by atoms with van der Waals surface area (Å²) in [5, 5.41) is 5.90. The number of hydrogen-bond donors (Lipinski definition) is 2. The van der Waals surface area contributed by atoms with Crippen LogP contribution in [0.15, 0.2) is 22.7 Å². The van der Waals surface area contributed by atoms with Crippen molar-refractivity contribution in [2.45, 2.75) is 6.04 Å². The van der Waals surface area contributed by atoms with Crippen molar-refractivity contribution in [3.05, 3.63) is 34.1 Å². The number of hydrogen-bond acceptors (Lipinski definition) is 3. The minimum absolute atomic E-state index is 0.0427. The van der Waals surface area contributed by atoms with Crippen molar-refractivity contribution in [1.29, 1.82) is 0 Å². The highest BCUT2D eigenvalue weighted by Gasteiger charge is 2.17. The van der Waals surface area contributed by atoms with Crippen LogP contribution < -0.4 is 10.6 Å². The monoisotopic (exact) mass is 316 g/mol. The van der Waals surface area contributed by atoms with Gasteiger partial charge in [0.25, 0.3) is 5.91 Å². The van der Waals surface area contributed by atoms with Crippen LogP contribution in [-0.4, -0.2) is 38.3 Å². The molecule has 0 spiro atoms. The Hall–Kier alpha value is -0.980. The highest BCUT2D eigenvalue weighted by Crippen LogP contribution is 2.18. The maximum atomic E-state index is 13.7. The summed E-state index contributed by atoms with van der Waals surface area (Å²) in [5.74, 6) is -0.955. The van der Waals surface area contributed by atoms with E-state index in [1.807, 2.05) is 0 Å². The summed E-state index contributed by atoms with van der Waals surface area (Å²) in [5.41, 5.74) is 0.0427. The van der Waals surface area contributed by atoms with E-state index >= 15 is 0 Å². The number of morpholine rings is 1. The van der Waals surface area contributed by atoms with Crippen molar-refractivity contribution >= 4 is 21.8 Å². The Bertz CT molecular complexity index is 436. The molecule has 1 fully saturated rings. The zero-order chi connectivity index (χ0) is 13.0. The Morgan fingerprint density at radius 3 is 3.17 bits per heavy atom. The number of ether oxygens (including phenoxy) is 1. The fraction of sp³-hybridized carbons (Fsp3) is 0.417. The summed E-state index contributed by atoms with van der Waals surface area (Å²) in [6.07, 6.45) is 0. The average molecular weight is 317 g/mol. The Morgan fingerprint density at radius 1 is 1.61 bits per heavy atom. The molecule has 1 unspecified atom stereocenters. The first-order valence-electron chi connectivity index (χ1n) is 5.72. The lowest BCUT2D eigenvalue weighted by atomic mass is 10.2. The summed E-state index contributed by atoms with van der Waals surface area (Å²) >= 11 is 3.05. The smallest absolute Gasteiger partial charge is 0.254 e. The van der Waals surface area contributed by atoms with E-state index in [0.29, 0.717) is 19.8 Å². The van der Waals surface area contributed by atoms with Crippen LogP contribution in [-0.2, 0) is 4.74 Å². The number of benzene rings is 1. The van der Waals surface area contributed by atoms with Crippen molar-refractivity contribution in [3.8, 4) is 0 Å². The molecule has 0 aliphatic carbocycles. The molecular weight excluding hydrogens is 303 g/mol. The van der Waals surface area contributed by atoms with Gasteiger partial charge in [-0.15, -0.1) is 0 Å². The second-order valence-corrected chi connectivity index (χ2v) is 4.89. The fourth-order valence-electron chi connectivity index (χ4n) is 1.74. The molecule has 1 amide bonds. The second-order valence-electron chi connectivity index (χ2n) is 4.04. The van der Waals surface area contributed by atoms with Crippen LogP contribution >= 0.6 is 15.9 Å². The fourth-order valence-corrected chi connectivity index (χ4v) is 2.11. The summed E-state index contributed by atoms with van der Waals surface area (Å²) in [7, 11) is 0. The molecule has 0 aromatic heterocycles. The summed E-state index contributed by atoms with van der Waals surface area (Å²) in [6, 6.07) is 4.73. The molecule has 98 valence electrons. The highest BCUT2D eigenvalue weighted by atomic mass is 79.9. The van der Waals surface area contributed by atoms with Crippen molar-refractivity contribution in [2.75, 3.05) is 26.3 Å². The predicted octanol–water partition coefficient (Wildman–Crippen LogP) is 1.31. The van der Waals surface area contributed by atoms with E-state index in [4.69, 9.17) is 4.74 Å². The average Bonchev–Trinajstić information content (AvgIpc) is 2.40. The number of carbonyl (C=O) groups excluding carboxylic acids is 1. The number of nitrogens with one attached hydrogen (secondary N) is 2. The van der Waals surface area contributed by atoms with Gasteiger partial charge in [0.15, 0.2) is 0 Å². The molecule has 1 atom stereocenters. The molecule has 2 N–H and O–H groups in total. The van der Waals surface area contributed by atoms with Gasteiger partial charge in [-0.3, -0.25) is 4.79 Å². The van der Waals surface area contributed by atoms with E-state index in [1.165, 1.54) is 6.07 Å². The maximum Gasteiger partial charge on any atom is 0.254 e. The number of rotatable bonds is 3. The third kappa shape index (κ3) is 3.28. The number of amides is 1. The first-order valence-corrected chi connectivity index (χ1v) is 6.51. The van der Waals surface area contributed by atoms with Gasteiger partial charge in [0, 0.05) is 19.1 Å². The van der Waals surface area contributed by atoms with E-state index in [0.717, 1.165) is 6.54 Å². The molecule has 1 aromatic carbocycles. The minimum atomic E-state index is -0.539. The van der Waals surface area contributed by atoms with Gasteiger partial charge in [0.05, 0.1) is 23.2 Å². The number of carbonyl (C=O) groups is 1. The molecule has 0 radical (unpaired) electrons. The van der Waals surface area contributed by atoms with Crippen LogP contribution in [0.3, 0.4) is 0 Å². The minimum Gasteiger partial charge on any atom is -0.378 e. The summed E-state index contributed by atoms with van der Waals surface area (Å²) in [6.45, 7) is 2.43. The molecule has 6 heteroatoms. The zero-order valence-corrected chi connectivity index (χ0v) is 11.3. The lowest BCUT2D eigenvalue weighted by molar-refractivity contribution is 0.0734. The third-order valence-corrected chi connectivity index (χ3v) is 3.32. The normalized spacial score (nSPS) is 19.6. The van der Waals surface area contributed by atoms with Crippen molar-refractivity contribution < 1.29 is 13.9 Å². The molecular formula is C12H14BrFN2O2. The molecule has 4 nitrogen and oxygen atoms in total. The lowest BCUT2D eigenvalue weighted by Crippen LogP contribution is -2.48. The Labute approximate surface area is 113 Å². The zero-order valence-electron chi connectivity index (χ0n) is 9.71. The van der Waals surface area contributed by atoms with Gasteiger partial charge < -0.3 is 15.4 Å². The molecule has 0 saturated carbocycles. The van der Waals surface area contributed by atoms with Crippen LogP contribution in [0.2, 0.25) is 0 Å². The van der Waals surface area contributed by atoms with E-state index in [-0.39, 0.29) is 16.1 Å². The van der Waals surface area contributed by atoms with Gasteiger partial charge in [0.1, 0.15) is 5.82 Å². The van der Waals surface area contributed by atoms with Crippen LogP contribution in [0.4, 0.5) is 4.39 Å². The predicted molar refractivity (Wildman–Crippen MR) is 69.0 cm³/mol. The summed E-state index contributed by atoms with van der Waals surface area (Å²) < 4.78 is 19.2. The maximum absolute atomic E-state index is 13.7. The van der Waals surface area contributed by atoms with Crippen LogP contribution in [0, 0.1) is 5.82 Å². The van der Waals surface area contributed by atoms with Crippen LogP contribution in [0.1, 0.15) is 10.4 Å². The van der Waals surface area contributed by atoms with Gasteiger partial charge >= 0.3 is 0 Å².